The average molecular weight is 285 g/mol. The Morgan fingerprint density at radius 1 is 1.43 bits per heavy atom. The van der Waals surface area contributed by atoms with E-state index in [1.807, 2.05) is 6.92 Å². The Kier molecular flexibility index (Phi) is 2.12. The summed E-state index contributed by atoms with van der Waals surface area (Å²) in [5, 5.41) is 21.2. The maximum atomic E-state index is 12.2. The largest absolute Gasteiger partial charge is 0.504 e. The number of carbonyl (C=O) groups is 1. The number of ether oxygens (including phenoxy) is 1. The molecule has 1 heterocycles. The molecule has 3 aliphatic rings. The van der Waals surface area contributed by atoms with Gasteiger partial charge in [-0.1, -0.05) is 6.07 Å². The van der Waals surface area contributed by atoms with E-state index in [4.69, 9.17) is 4.74 Å². The average Bonchev–Trinajstić information content (AvgIpc) is 2.84. The fourth-order valence-electron chi connectivity index (χ4n) is 4.03. The van der Waals surface area contributed by atoms with Crippen LogP contribution in [-0.4, -0.2) is 40.5 Å². The third-order valence-corrected chi connectivity index (χ3v) is 5.06. The van der Waals surface area contributed by atoms with Gasteiger partial charge in [0.25, 0.3) is 0 Å². The minimum absolute atomic E-state index is 0.00332. The van der Waals surface area contributed by atoms with Crippen LogP contribution in [0.15, 0.2) is 29.3 Å². The Balaban J connectivity index is 2.06. The first-order valence-corrected chi connectivity index (χ1v) is 6.87. The van der Waals surface area contributed by atoms with E-state index in [0.717, 1.165) is 11.1 Å². The summed E-state index contributed by atoms with van der Waals surface area (Å²) in [5.74, 6) is 0.117. The van der Waals surface area contributed by atoms with Crippen molar-refractivity contribution in [2.24, 2.45) is 4.99 Å². The first-order chi connectivity index (χ1) is 9.95. The molecule has 0 radical (unpaired) electrons. The Labute approximate surface area is 121 Å². The van der Waals surface area contributed by atoms with Crippen LogP contribution < -0.4 is 4.74 Å². The van der Waals surface area contributed by atoms with E-state index in [0.29, 0.717) is 17.9 Å². The second-order valence-corrected chi connectivity index (χ2v) is 5.92. The zero-order valence-corrected chi connectivity index (χ0v) is 11.8. The molecule has 1 aromatic rings. The van der Waals surface area contributed by atoms with Crippen molar-refractivity contribution in [2.75, 3.05) is 7.05 Å². The molecule has 1 aromatic carbocycles. The van der Waals surface area contributed by atoms with Crippen molar-refractivity contribution in [3.63, 3.8) is 0 Å². The van der Waals surface area contributed by atoms with Gasteiger partial charge in [0.2, 0.25) is 0 Å². The van der Waals surface area contributed by atoms with Gasteiger partial charge in [0, 0.05) is 24.7 Å². The molecule has 2 N–H and O–H groups in total. The minimum Gasteiger partial charge on any atom is -0.504 e. The molecule has 0 amide bonds. The van der Waals surface area contributed by atoms with Gasteiger partial charge in [-0.05, 0) is 30.7 Å². The molecule has 5 nitrogen and oxygen atoms in total. The number of ketones is 1. The van der Waals surface area contributed by atoms with Crippen LogP contribution in [0.3, 0.4) is 0 Å². The maximum Gasteiger partial charge on any atom is 0.197 e. The summed E-state index contributed by atoms with van der Waals surface area (Å²) in [6.45, 7) is 1.89. The normalized spacial score (nSPS) is 37.6. The molecule has 2 aliphatic carbocycles. The molecule has 4 rings (SSSR count). The number of hydrogen-bond donors (Lipinski definition) is 2. The second kappa shape index (κ2) is 3.54. The number of hydrogen-bond acceptors (Lipinski definition) is 5. The molecule has 1 aliphatic heterocycles. The zero-order valence-electron chi connectivity index (χ0n) is 11.8. The highest BCUT2D eigenvalue weighted by Gasteiger charge is 2.73. The van der Waals surface area contributed by atoms with Gasteiger partial charge in [0.05, 0.1) is 5.41 Å². The van der Waals surface area contributed by atoms with Crippen LogP contribution in [-0.2, 0) is 10.2 Å². The molecule has 1 spiro atoms. The molecule has 0 bridgehead atoms. The highest BCUT2D eigenvalue weighted by Crippen LogP contribution is 2.63. The first-order valence-electron chi connectivity index (χ1n) is 6.87. The molecule has 5 heteroatoms. The summed E-state index contributed by atoms with van der Waals surface area (Å²) in [5.41, 5.74) is 0.0631. The number of phenols is 1. The van der Waals surface area contributed by atoms with Crippen molar-refractivity contribution in [1.82, 2.24) is 0 Å². The SMILES string of the molecule is C/N=C1/C[C@]23c4c(C)ccc(O)c4O[C@H]2C(=O)C=C[C@@]13O. The number of phenolic OH excluding ortho intramolecular Hbond substituents is 1. The van der Waals surface area contributed by atoms with Gasteiger partial charge >= 0.3 is 0 Å². The lowest BCUT2D eigenvalue weighted by Crippen LogP contribution is -2.73. The predicted molar refractivity (Wildman–Crippen MR) is 76.0 cm³/mol. The lowest BCUT2D eigenvalue weighted by molar-refractivity contribution is -0.130. The molecule has 1 saturated carbocycles. The van der Waals surface area contributed by atoms with Crippen LogP contribution in [0.4, 0.5) is 0 Å². The van der Waals surface area contributed by atoms with E-state index in [1.54, 1.807) is 19.2 Å². The number of aliphatic hydroxyl groups is 1. The number of rotatable bonds is 0. The van der Waals surface area contributed by atoms with E-state index in [2.05, 4.69) is 4.99 Å². The van der Waals surface area contributed by atoms with Crippen LogP contribution in [0.2, 0.25) is 0 Å². The van der Waals surface area contributed by atoms with Crippen LogP contribution in [0, 0.1) is 6.92 Å². The third kappa shape index (κ3) is 1.14. The number of aliphatic imine (C=N–C) groups is 1. The Bertz CT molecular complexity index is 751. The zero-order chi connectivity index (χ0) is 15.0. The summed E-state index contributed by atoms with van der Waals surface area (Å²) in [6, 6.07) is 3.32. The highest BCUT2D eigenvalue weighted by atomic mass is 16.5. The number of carbonyl (C=O) groups excluding carboxylic acids is 1. The predicted octanol–water partition coefficient (Wildman–Crippen LogP) is 1.04. The highest BCUT2D eigenvalue weighted by molar-refractivity contribution is 6.12. The van der Waals surface area contributed by atoms with Crippen molar-refractivity contribution >= 4 is 11.5 Å². The Hall–Kier alpha value is -2.14. The van der Waals surface area contributed by atoms with Crippen LogP contribution in [0.5, 0.6) is 11.5 Å². The number of benzene rings is 1. The van der Waals surface area contributed by atoms with Crippen LogP contribution in [0.25, 0.3) is 0 Å². The second-order valence-electron chi connectivity index (χ2n) is 5.92. The van der Waals surface area contributed by atoms with E-state index in [-0.39, 0.29) is 11.5 Å². The van der Waals surface area contributed by atoms with E-state index in [9.17, 15) is 15.0 Å². The summed E-state index contributed by atoms with van der Waals surface area (Å²) in [7, 11) is 1.63. The number of fused-ring (bicyclic) bond motifs is 1. The third-order valence-electron chi connectivity index (χ3n) is 5.06. The summed E-state index contributed by atoms with van der Waals surface area (Å²) < 4.78 is 5.75. The molecular weight excluding hydrogens is 270 g/mol. The molecule has 1 fully saturated rings. The first kappa shape index (κ1) is 12.6. The van der Waals surface area contributed by atoms with Gasteiger partial charge < -0.3 is 14.9 Å². The molecule has 21 heavy (non-hydrogen) atoms. The van der Waals surface area contributed by atoms with Gasteiger partial charge in [-0.2, -0.15) is 0 Å². The summed E-state index contributed by atoms with van der Waals surface area (Å²) >= 11 is 0. The van der Waals surface area contributed by atoms with Gasteiger partial charge in [-0.3, -0.25) is 9.79 Å². The fourth-order valence-corrected chi connectivity index (χ4v) is 4.03. The Morgan fingerprint density at radius 3 is 2.90 bits per heavy atom. The molecule has 108 valence electrons. The summed E-state index contributed by atoms with van der Waals surface area (Å²) in [4.78, 5) is 16.4. The smallest absolute Gasteiger partial charge is 0.197 e. The van der Waals surface area contributed by atoms with Crippen molar-refractivity contribution in [3.05, 3.63) is 35.4 Å². The lowest BCUT2D eigenvalue weighted by atomic mass is 9.47. The molecule has 0 unspecified atom stereocenters. The standard InChI is InChI=1S/C16H15NO4/c1-8-3-4-9(18)13-12(8)15-7-11(17-2)16(15,20)6-5-10(19)14(15)21-13/h3-6,14,18,20H,7H2,1-2H3/b17-11-/t14-,15-,16+/m0/s1. The van der Waals surface area contributed by atoms with Gasteiger partial charge in [-0.15, -0.1) is 0 Å². The van der Waals surface area contributed by atoms with Crippen molar-refractivity contribution in [2.45, 2.75) is 30.5 Å². The number of aromatic hydroxyl groups is 1. The van der Waals surface area contributed by atoms with Crippen LogP contribution >= 0.6 is 0 Å². The van der Waals surface area contributed by atoms with Crippen molar-refractivity contribution < 1.29 is 19.7 Å². The van der Waals surface area contributed by atoms with Gasteiger partial charge in [0.1, 0.15) is 5.60 Å². The van der Waals surface area contributed by atoms with Gasteiger partial charge in [-0.25, -0.2) is 0 Å². The van der Waals surface area contributed by atoms with Gasteiger partial charge in [0.15, 0.2) is 23.4 Å². The number of nitrogens with zero attached hydrogens (tertiary/aromatic N) is 1. The van der Waals surface area contributed by atoms with E-state index < -0.39 is 17.1 Å². The molecular formula is C16H15NO4. The lowest BCUT2D eigenvalue weighted by Gasteiger charge is -2.56. The topological polar surface area (TPSA) is 79.1 Å². The maximum absolute atomic E-state index is 12.2. The minimum atomic E-state index is -1.32. The van der Waals surface area contributed by atoms with Crippen molar-refractivity contribution in [1.29, 1.82) is 0 Å². The Morgan fingerprint density at radius 2 is 2.19 bits per heavy atom. The van der Waals surface area contributed by atoms with Crippen molar-refractivity contribution in [3.8, 4) is 11.5 Å². The summed E-state index contributed by atoms with van der Waals surface area (Å²) in [6.07, 6.45) is 2.52. The molecule has 3 atom stereocenters. The van der Waals surface area contributed by atoms with E-state index >= 15 is 0 Å². The quantitative estimate of drug-likeness (QED) is 0.746. The monoisotopic (exact) mass is 285 g/mol. The molecule has 0 saturated heterocycles. The fraction of sp³-hybridized carbons (Fsp3) is 0.375. The van der Waals surface area contributed by atoms with Crippen LogP contribution in [0.1, 0.15) is 17.5 Å². The van der Waals surface area contributed by atoms with E-state index in [1.165, 1.54) is 12.2 Å². The number of aryl methyl sites for hydroxylation is 1. The molecule has 0 aromatic heterocycles.